The van der Waals surface area contributed by atoms with Crippen LogP contribution in [-0.4, -0.2) is 24.7 Å². The van der Waals surface area contributed by atoms with Crippen molar-refractivity contribution in [3.05, 3.63) is 23.9 Å². The Labute approximate surface area is 85.0 Å². The number of aryl methyl sites for hydroxylation is 1. The molecule has 2 heterocycles. The molecule has 6 nitrogen and oxygen atoms in total. The largest absolute Gasteiger partial charge is 0.307 e. The Bertz CT molecular complexity index is 439. The number of nitrogens with one attached hydrogen (secondary N) is 1. The van der Waals surface area contributed by atoms with E-state index in [9.17, 15) is 0 Å². The van der Waals surface area contributed by atoms with Gasteiger partial charge in [0.25, 0.3) is 0 Å². The Hall–Kier alpha value is -1.69. The van der Waals surface area contributed by atoms with E-state index in [1.165, 1.54) is 6.33 Å². The highest BCUT2D eigenvalue weighted by Gasteiger charge is 2.00. The molecule has 1 N–H and O–H groups in total. The molecule has 0 radical (unpaired) electrons. The van der Waals surface area contributed by atoms with Crippen LogP contribution in [0.2, 0.25) is 5.28 Å². The highest BCUT2D eigenvalue weighted by Crippen LogP contribution is 2.09. The van der Waals surface area contributed by atoms with Gasteiger partial charge in [-0.2, -0.15) is 10.1 Å². The quantitative estimate of drug-likeness (QED) is 0.801. The van der Waals surface area contributed by atoms with Gasteiger partial charge in [-0.3, -0.25) is 4.68 Å². The zero-order valence-electron chi connectivity index (χ0n) is 7.35. The summed E-state index contributed by atoms with van der Waals surface area (Å²) in [4.78, 5) is 11.4. The monoisotopic (exact) mass is 210 g/mol. The molecule has 0 aliphatic heterocycles. The summed E-state index contributed by atoms with van der Waals surface area (Å²) >= 11 is 5.59. The summed E-state index contributed by atoms with van der Waals surface area (Å²) < 4.78 is 1.67. The molecular formula is C7H7ClN6. The number of hydrogen-bond acceptors (Lipinski definition) is 5. The first kappa shape index (κ1) is 8.89. The molecular weight excluding hydrogens is 204 g/mol. The van der Waals surface area contributed by atoms with Gasteiger partial charge in [-0.1, -0.05) is 0 Å². The maximum absolute atomic E-state index is 5.59. The van der Waals surface area contributed by atoms with E-state index in [-0.39, 0.29) is 5.28 Å². The van der Waals surface area contributed by atoms with Crippen molar-refractivity contribution in [3.8, 4) is 0 Å². The molecule has 2 rings (SSSR count). The van der Waals surface area contributed by atoms with Gasteiger partial charge in [0.1, 0.15) is 6.33 Å². The molecule has 0 spiro atoms. The summed E-state index contributed by atoms with van der Waals surface area (Å²) in [6, 6.07) is 1.80. The zero-order valence-corrected chi connectivity index (χ0v) is 8.10. The molecule has 0 aliphatic carbocycles. The number of aromatic nitrogens is 5. The molecule has 0 bridgehead atoms. The second-order valence-corrected chi connectivity index (χ2v) is 2.92. The number of hydrogen-bond donors (Lipinski definition) is 1. The lowest BCUT2D eigenvalue weighted by atomic mass is 10.6. The molecule has 72 valence electrons. The van der Waals surface area contributed by atoms with Crippen LogP contribution in [0.4, 0.5) is 11.8 Å². The number of nitrogens with zero attached hydrogens (tertiary/aromatic N) is 5. The smallest absolute Gasteiger partial charge is 0.232 e. The summed E-state index contributed by atoms with van der Waals surface area (Å²) in [5.74, 6) is 1.04. The van der Waals surface area contributed by atoms with Crippen molar-refractivity contribution < 1.29 is 0 Å². The molecule has 14 heavy (non-hydrogen) atoms. The lowest BCUT2D eigenvalue weighted by molar-refractivity contribution is 0.770. The van der Waals surface area contributed by atoms with Gasteiger partial charge in [-0.25, -0.2) is 9.97 Å². The third-order valence-electron chi connectivity index (χ3n) is 1.50. The molecule has 0 fully saturated rings. The Kier molecular flexibility index (Phi) is 2.28. The standard InChI is InChI=1S/C7H7ClN6/c1-14-3-2-5(13-14)11-7-10-4-9-6(8)12-7/h2-4H,1H3,(H,9,10,11,12,13). The third kappa shape index (κ3) is 1.97. The van der Waals surface area contributed by atoms with Crippen molar-refractivity contribution in [2.24, 2.45) is 7.05 Å². The van der Waals surface area contributed by atoms with Crippen LogP contribution in [0, 0.1) is 0 Å². The number of anilines is 2. The molecule has 0 unspecified atom stereocenters. The van der Waals surface area contributed by atoms with Gasteiger partial charge in [0.15, 0.2) is 5.82 Å². The minimum absolute atomic E-state index is 0.151. The summed E-state index contributed by atoms with van der Waals surface area (Å²) in [7, 11) is 1.82. The Morgan fingerprint density at radius 3 is 2.93 bits per heavy atom. The maximum atomic E-state index is 5.59. The first-order valence-corrected chi connectivity index (χ1v) is 4.23. The normalized spacial score (nSPS) is 10.1. The number of rotatable bonds is 2. The second kappa shape index (κ2) is 3.59. The predicted molar refractivity (Wildman–Crippen MR) is 51.3 cm³/mol. The SMILES string of the molecule is Cn1ccc(Nc2ncnc(Cl)n2)n1. The van der Waals surface area contributed by atoms with Gasteiger partial charge < -0.3 is 5.32 Å². The minimum Gasteiger partial charge on any atom is -0.307 e. The third-order valence-corrected chi connectivity index (χ3v) is 1.68. The van der Waals surface area contributed by atoms with Crippen LogP contribution in [-0.2, 0) is 7.05 Å². The van der Waals surface area contributed by atoms with Crippen molar-refractivity contribution in [2.45, 2.75) is 0 Å². The second-order valence-electron chi connectivity index (χ2n) is 2.58. The van der Waals surface area contributed by atoms with Crippen molar-refractivity contribution in [1.29, 1.82) is 0 Å². The highest BCUT2D eigenvalue weighted by atomic mass is 35.5. The van der Waals surface area contributed by atoms with Crippen LogP contribution in [0.5, 0.6) is 0 Å². The highest BCUT2D eigenvalue weighted by molar-refractivity contribution is 6.28. The van der Waals surface area contributed by atoms with Gasteiger partial charge in [0, 0.05) is 19.3 Å². The first-order chi connectivity index (χ1) is 6.74. The van der Waals surface area contributed by atoms with Gasteiger partial charge in [-0.05, 0) is 11.6 Å². The van der Waals surface area contributed by atoms with Gasteiger partial charge in [0.05, 0.1) is 0 Å². The van der Waals surface area contributed by atoms with E-state index in [1.807, 2.05) is 13.2 Å². The fraction of sp³-hybridized carbons (Fsp3) is 0.143. The molecule has 2 aromatic rings. The fourth-order valence-electron chi connectivity index (χ4n) is 0.933. The molecule has 0 atom stereocenters. The van der Waals surface area contributed by atoms with Crippen molar-refractivity contribution in [2.75, 3.05) is 5.32 Å². The van der Waals surface area contributed by atoms with Gasteiger partial charge in [-0.15, -0.1) is 0 Å². The summed E-state index contributed by atoms with van der Waals surface area (Å²) in [6.07, 6.45) is 3.14. The molecule has 0 aliphatic rings. The Morgan fingerprint density at radius 1 is 1.43 bits per heavy atom. The van der Waals surface area contributed by atoms with E-state index in [0.29, 0.717) is 11.8 Å². The maximum Gasteiger partial charge on any atom is 0.232 e. The van der Waals surface area contributed by atoms with E-state index in [1.54, 1.807) is 10.7 Å². The zero-order chi connectivity index (χ0) is 9.97. The van der Waals surface area contributed by atoms with Crippen LogP contribution >= 0.6 is 11.6 Å². The fourth-order valence-corrected chi connectivity index (χ4v) is 1.06. The molecule has 0 amide bonds. The summed E-state index contributed by atoms with van der Waals surface area (Å²) in [6.45, 7) is 0. The van der Waals surface area contributed by atoms with Crippen LogP contribution in [0.1, 0.15) is 0 Å². The van der Waals surface area contributed by atoms with E-state index in [0.717, 1.165) is 0 Å². The lowest BCUT2D eigenvalue weighted by Gasteiger charge is -1.98. The average Bonchev–Trinajstić information content (AvgIpc) is 2.51. The van der Waals surface area contributed by atoms with E-state index >= 15 is 0 Å². The van der Waals surface area contributed by atoms with Crippen LogP contribution in [0.15, 0.2) is 18.6 Å². The summed E-state index contributed by atoms with van der Waals surface area (Å²) in [5.41, 5.74) is 0. The molecule has 0 saturated carbocycles. The van der Waals surface area contributed by atoms with Crippen molar-refractivity contribution in [1.82, 2.24) is 24.7 Å². The van der Waals surface area contributed by atoms with Crippen molar-refractivity contribution in [3.63, 3.8) is 0 Å². The minimum atomic E-state index is 0.151. The van der Waals surface area contributed by atoms with E-state index < -0.39 is 0 Å². The molecule has 7 heteroatoms. The molecule has 2 aromatic heterocycles. The number of halogens is 1. The van der Waals surface area contributed by atoms with Crippen molar-refractivity contribution >= 4 is 23.4 Å². The van der Waals surface area contributed by atoms with Crippen LogP contribution in [0.25, 0.3) is 0 Å². The summed E-state index contributed by atoms with van der Waals surface area (Å²) in [5, 5.41) is 7.14. The first-order valence-electron chi connectivity index (χ1n) is 3.85. The van der Waals surface area contributed by atoms with E-state index in [4.69, 9.17) is 11.6 Å². The Morgan fingerprint density at radius 2 is 2.29 bits per heavy atom. The van der Waals surface area contributed by atoms with Gasteiger partial charge in [0.2, 0.25) is 11.2 Å². The predicted octanol–water partition coefficient (Wildman–Crippen LogP) is 1.00. The lowest BCUT2D eigenvalue weighted by Crippen LogP contribution is -1.99. The average molecular weight is 211 g/mol. The topological polar surface area (TPSA) is 68.5 Å². The van der Waals surface area contributed by atoms with Crippen LogP contribution < -0.4 is 5.32 Å². The Balaban J connectivity index is 2.18. The van der Waals surface area contributed by atoms with Gasteiger partial charge >= 0.3 is 0 Å². The molecule has 0 saturated heterocycles. The molecule has 0 aromatic carbocycles. The van der Waals surface area contributed by atoms with E-state index in [2.05, 4.69) is 25.4 Å². The van der Waals surface area contributed by atoms with Crippen LogP contribution in [0.3, 0.4) is 0 Å².